The summed E-state index contributed by atoms with van der Waals surface area (Å²) < 4.78 is 13.6. The van der Waals surface area contributed by atoms with Crippen LogP contribution >= 0.6 is 11.6 Å². The van der Waals surface area contributed by atoms with Gasteiger partial charge in [-0.1, -0.05) is 43.1 Å². The van der Waals surface area contributed by atoms with Crippen molar-refractivity contribution >= 4 is 29.3 Å². The molecule has 1 amide bonds. The van der Waals surface area contributed by atoms with Crippen molar-refractivity contribution in [2.75, 3.05) is 5.32 Å². The molecule has 0 spiro atoms. The highest BCUT2D eigenvalue weighted by atomic mass is 35.5. The third-order valence-corrected chi connectivity index (χ3v) is 3.77. The van der Waals surface area contributed by atoms with E-state index < -0.39 is 5.82 Å². The number of hydrogen-bond donors (Lipinski definition) is 1. The lowest BCUT2D eigenvalue weighted by Crippen LogP contribution is -2.07. The van der Waals surface area contributed by atoms with Crippen LogP contribution in [0.3, 0.4) is 0 Å². The molecule has 2 rings (SSSR count). The maximum absolute atomic E-state index is 13.6. The van der Waals surface area contributed by atoms with Gasteiger partial charge in [0.1, 0.15) is 5.82 Å². The molecule has 0 atom stereocenters. The maximum Gasteiger partial charge on any atom is 0.248 e. The third kappa shape index (κ3) is 5.22. The Morgan fingerprint density at radius 1 is 1.22 bits per heavy atom. The van der Waals surface area contributed by atoms with Crippen LogP contribution in [0.25, 0.3) is 6.08 Å². The lowest BCUT2D eigenvalue weighted by atomic mass is 10.1. The molecule has 0 fully saturated rings. The summed E-state index contributed by atoms with van der Waals surface area (Å²) in [7, 11) is 0. The number of nitrogens with one attached hydrogen (secondary N) is 1. The number of halogens is 2. The molecule has 0 aliphatic rings. The molecule has 23 heavy (non-hydrogen) atoms. The van der Waals surface area contributed by atoms with Crippen LogP contribution in [-0.2, 0) is 11.2 Å². The number of hydrogen-bond acceptors (Lipinski definition) is 1. The van der Waals surface area contributed by atoms with E-state index in [0.29, 0.717) is 5.69 Å². The molecule has 0 saturated carbocycles. The van der Waals surface area contributed by atoms with Gasteiger partial charge in [0.2, 0.25) is 5.91 Å². The van der Waals surface area contributed by atoms with Gasteiger partial charge in [0, 0.05) is 17.3 Å². The highest BCUT2D eigenvalue weighted by Crippen LogP contribution is 2.20. The average molecular weight is 332 g/mol. The van der Waals surface area contributed by atoms with E-state index in [-0.39, 0.29) is 16.5 Å². The van der Waals surface area contributed by atoms with Crippen LogP contribution in [0.1, 0.15) is 30.9 Å². The lowest BCUT2D eigenvalue weighted by Gasteiger charge is -2.05. The second-order valence-electron chi connectivity index (χ2n) is 5.26. The van der Waals surface area contributed by atoms with Gasteiger partial charge < -0.3 is 5.32 Å². The molecule has 4 heteroatoms. The maximum atomic E-state index is 13.6. The van der Waals surface area contributed by atoms with E-state index in [9.17, 15) is 9.18 Å². The summed E-state index contributed by atoms with van der Waals surface area (Å²) in [6.07, 6.45) is 5.99. The molecule has 2 aromatic rings. The number of benzene rings is 2. The van der Waals surface area contributed by atoms with Crippen molar-refractivity contribution in [3.63, 3.8) is 0 Å². The zero-order chi connectivity index (χ0) is 16.7. The van der Waals surface area contributed by atoms with Crippen LogP contribution in [0.4, 0.5) is 10.1 Å². The second-order valence-corrected chi connectivity index (χ2v) is 5.67. The fraction of sp³-hybridized carbons (Fsp3) is 0.211. The summed E-state index contributed by atoms with van der Waals surface area (Å²) in [4.78, 5) is 11.9. The highest BCUT2D eigenvalue weighted by molar-refractivity contribution is 6.32. The van der Waals surface area contributed by atoms with Crippen molar-refractivity contribution in [3.05, 3.63) is 70.5 Å². The number of carbonyl (C=O) groups excluding carboxylic acids is 1. The monoisotopic (exact) mass is 331 g/mol. The Kier molecular flexibility index (Phi) is 6.36. The van der Waals surface area contributed by atoms with Crippen LogP contribution in [0.2, 0.25) is 5.02 Å². The molecule has 0 bridgehead atoms. The quantitative estimate of drug-likeness (QED) is 0.698. The van der Waals surface area contributed by atoms with Crippen LogP contribution in [0.5, 0.6) is 0 Å². The molecule has 0 unspecified atom stereocenters. The van der Waals surface area contributed by atoms with Crippen molar-refractivity contribution < 1.29 is 9.18 Å². The van der Waals surface area contributed by atoms with Gasteiger partial charge in [0.15, 0.2) is 0 Å². The van der Waals surface area contributed by atoms with Crippen molar-refractivity contribution in [1.82, 2.24) is 0 Å². The minimum Gasteiger partial charge on any atom is -0.323 e. The molecular weight excluding hydrogens is 313 g/mol. The predicted octanol–water partition coefficient (Wildman–Crippen LogP) is 5.47. The van der Waals surface area contributed by atoms with Crippen LogP contribution in [-0.4, -0.2) is 5.91 Å². The van der Waals surface area contributed by atoms with Crippen LogP contribution in [0.15, 0.2) is 48.5 Å². The molecule has 120 valence electrons. The van der Waals surface area contributed by atoms with Gasteiger partial charge in [-0.05, 0) is 48.7 Å². The summed E-state index contributed by atoms with van der Waals surface area (Å²) in [5.41, 5.74) is 2.16. The Hall–Kier alpha value is -2.13. The first-order valence-corrected chi connectivity index (χ1v) is 8.00. The van der Waals surface area contributed by atoms with E-state index in [1.165, 1.54) is 29.8 Å². The summed E-state index contributed by atoms with van der Waals surface area (Å²) in [5.74, 6) is -0.785. The smallest absolute Gasteiger partial charge is 0.248 e. The third-order valence-electron chi connectivity index (χ3n) is 3.44. The van der Waals surface area contributed by atoms with Gasteiger partial charge >= 0.3 is 0 Å². The molecule has 0 aromatic heterocycles. The topological polar surface area (TPSA) is 29.1 Å². The Morgan fingerprint density at radius 3 is 2.61 bits per heavy atom. The number of unbranched alkanes of at least 4 members (excludes halogenated alkanes) is 1. The summed E-state index contributed by atoms with van der Waals surface area (Å²) >= 11 is 5.91. The Bertz CT molecular complexity index is 675. The zero-order valence-corrected chi connectivity index (χ0v) is 13.7. The molecule has 2 aromatic carbocycles. The number of anilines is 1. The molecule has 1 N–H and O–H groups in total. The number of carbonyl (C=O) groups is 1. The predicted molar refractivity (Wildman–Crippen MR) is 94.1 cm³/mol. The first-order chi connectivity index (χ1) is 11.1. The molecule has 0 aliphatic heterocycles. The SMILES string of the molecule is CCCCc1ccc(NC(=O)/C=C/c2c(F)cccc2Cl)cc1. The van der Waals surface area contributed by atoms with Crippen molar-refractivity contribution in [1.29, 1.82) is 0 Å². The Balaban J connectivity index is 1.98. The summed E-state index contributed by atoms with van der Waals surface area (Å²) in [6, 6.07) is 12.1. The van der Waals surface area contributed by atoms with E-state index in [2.05, 4.69) is 12.2 Å². The van der Waals surface area contributed by atoms with E-state index in [1.807, 2.05) is 24.3 Å². The van der Waals surface area contributed by atoms with Crippen molar-refractivity contribution in [3.8, 4) is 0 Å². The Morgan fingerprint density at radius 2 is 1.96 bits per heavy atom. The standard InChI is InChI=1S/C19H19ClFNO/c1-2-3-5-14-8-10-15(11-9-14)22-19(23)13-12-16-17(20)6-4-7-18(16)21/h4,6-13H,2-3,5H2,1H3,(H,22,23)/b13-12+. The average Bonchev–Trinajstić information content (AvgIpc) is 2.54. The van der Waals surface area contributed by atoms with Gasteiger partial charge in [-0.25, -0.2) is 4.39 Å². The highest BCUT2D eigenvalue weighted by Gasteiger charge is 2.04. The van der Waals surface area contributed by atoms with E-state index in [1.54, 1.807) is 6.07 Å². The largest absolute Gasteiger partial charge is 0.323 e. The zero-order valence-electron chi connectivity index (χ0n) is 13.0. The van der Waals surface area contributed by atoms with Crippen molar-refractivity contribution in [2.24, 2.45) is 0 Å². The lowest BCUT2D eigenvalue weighted by molar-refractivity contribution is -0.111. The molecule has 0 saturated heterocycles. The summed E-state index contributed by atoms with van der Waals surface area (Å²) in [5, 5.41) is 3.02. The molecule has 0 heterocycles. The number of amides is 1. The van der Waals surface area contributed by atoms with Crippen LogP contribution in [0, 0.1) is 5.82 Å². The van der Waals surface area contributed by atoms with Gasteiger partial charge in [-0.15, -0.1) is 0 Å². The van der Waals surface area contributed by atoms with Gasteiger partial charge in [-0.3, -0.25) is 4.79 Å². The number of rotatable bonds is 6. The molecule has 2 nitrogen and oxygen atoms in total. The Labute approximate surface area is 141 Å². The minimum atomic E-state index is -0.457. The summed E-state index contributed by atoms with van der Waals surface area (Å²) in [6.45, 7) is 2.16. The fourth-order valence-electron chi connectivity index (χ4n) is 2.15. The molecule has 0 aliphatic carbocycles. The fourth-order valence-corrected chi connectivity index (χ4v) is 2.37. The van der Waals surface area contributed by atoms with E-state index in [4.69, 9.17) is 11.6 Å². The molecular formula is C19H19ClFNO. The van der Waals surface area contributed by atoms with E-state index >= 15 is 0 Å². The first kappa shape index (κ1) is 17.2. The van der Waals surface area contributed by atoms with Crippen LogP contribution < -0.4 is 5.32 Å². The van der Waals surface area contributed by atoms with E-state index in [0.717, 1.165) is 19.3 Å². The first-order valence-electron chi connectivity index (χ1n) is 7.62. The second kappa shape index (κ2) is 8.49. The van der Waals surface area contributed by atoms with Gasteiger partial charge in [-0.2, -0.15) is 0 Å². The van der Waals surface area contributed by atoms with Gasteiger partial charge in [0.05, 0.1) is 5.02 Å². The van der Waals surface area contributed by atoms with Crippen molar-refractivity contribution in [2.45, 2.75) is 26.2 Å². The van der Waals surface area contributed by atoms with Gasteiger partial charge in [0.25, 0.3) is 0 Å². The normalized spacial score (nSPS) is 10.9. The number of aryl methyl sites for hydroxylation is 1. The molecule has 0 radical (unpaired) electrons. The minimum absolute atomic E-state index is 0.208.